The predicted molar refractivity (Wildman–Crippen MR) is 232 cm³/mol. The molecule has 0 radical (unpaired) electrons. The number of para-hydroxylation sites is 2. The molecule has 0 aliphatic rings. The first-order valence-corrected chi connectivity index (χ1v) is 19.3. The fourth-order valence-electron chi connectivity index (χ4n) is 9.52. The molecule has 0 atom stereocenters. The van der Waals surface area contributed by atoms with Gasteiger partial charge in [-0.05, 0) is 70.8 Å². The van der Waals surface area contributed by atoms with Crippen molar-refractivity contribution in [2.75, 3.05) is 4.90 Å². The Morgan fingerprint density at radius 2 is 0.870 bits per heavy atom. The minimum Gasteiger partial charge on any atom is -0.310 e. The van der Waals surface area contributed by atoms with Gasteiger partial charge in [-0.2, -0.15) is 0 Å². The summed E-state index contributed by atoms with van der Waals surface area (Å²) in [6, 6.07) is 65.3. The molecule has 0 saturated carbocycles. The zero-order chi connectivity index (χ0) is 35.1. The van der Waals surface area contributed by atoms with Crippen molar-refractivity contribution in [2.45, 2.75) is 0 Å². The molecule has 0 bridgehead atoms. The van der Waals surface area contributed by atoms with Gasteiger partial charge in [0.05, 0.1) is 38.8 Å². The highest BCUT2D eigenvalue weighted by Crippen LogP contribution is 2.47. The van der Waals surface area contributed by atoms with Gasteiger partial charge >= 0.3 is 0 Å². The lowest BCUT2D eigenvalue weighted by atomic mass is 9.99. The minimum absolute atomic E-state index is 1.12. The molecule has 9 aromatic carbocycles. The lowest BCUT2D eigenvalue weighted by Gasteiger charge is -2.28. The number of anilines is 3. The van der Waals surface area contributed by atoms with E-state index in [2.05, 4.69) is 190 Å². The number of rotatable bonds is 3. The lowest BCUT2D eigenvalue weighted by Crippen LogP contribution is -2.11. The van der Waals surface area contributed by atoms with E-state index in [4.69, 9.17) is 0 Å². The van der Waals surface area contributed by atoms with Crippen LogP contribution in [-0.4, -0.2) is 8.80 Å². The number of aromatic nitrogens is 2. The van der Waals surface area contributed by atoms with Crippen LogP contribution >= 0.6 is 11.3 Å². The highest BCUT2D eigenvalue weighted by atomic mass is 32.1. The summed E-state index contributed by atoms with van der Waals surface area (Å²) in [5, 5.41) is 12.7. The molecule has 3 nitrogen and oxygen atoms in total. The highest BCUT2D eigenvalue weighted by molar-refractivity contribution is 7.25. The Labute approximate surface area is 313 Å². The molecule has 250 valence electrons. The monoisotopic (exact) mass is 703 g/mol. The molecule has 0 spiro atoms. The van der Waals surface area contributed by atoms with Crippen LogP contribution in [-0.2, 0) is 0 Å². The van der Waals surface area contributed by atoms with Crippen LogP contribution in [0, 0.1) is 0 Å². The Bertz CT molecular complexity index is 3690. The van der Waals surface area contributed by atoms with E-state index >= 15 is 0 Å². The third-order valence-electron chi connectivity index (χ3n) is 11.8. The molecule has 4 heterocycles. The largest absolute Gasteiger partial charge is 0.310 e. The first-order valence-electron chi connectivity index (χ1n) is 18.5. The number of benzene rings is 9. The number of fused-ring (bicyclic) bond motifs is 15. The molecule has 54 heavy (non-hydrogen) atoms. The van der Waals surface area contributed by atoms with Crippen molar-refractivity contribution in [1.29, 1.82) is 0 Å². The average molecular weight is 704 g/mol. The van der Waals surface area contributed by atoms with Gasteiger partial charge in [0.15, 0.2) is 0 Å². The standard InChI is InChI=1S/C50H29N3S/c1-2-12-33-30(11-1)27-45(35-14-4-3-13-34(33)35)51(32-21-23-39-38-17-7-10-20-47(38)54-48(39)29-32)31-22-26-44-46(28-31)53-43-19-9-6-16-37(43)41-25-24-40-36-15-5-8-18-42(36)52(44)49(40)50(41)53/h1-29H. The Hall–Kier alpha value is -6.88. The molecule has 0 N–H and O–H groups in total. The number of hydrogen-bond acceptors (Lipinski definition) is 2. The van der Waals surface area contributed by atoms with Crippen molar-refractivity contribution < 1.29 is 0 Å². The molecule has 13 rings (SSSR count). The number of thiophene rings is 1. The lowest BCUT2D eigenvalue weighted by molar-refractivity contribution is 1.24. The Morgan fingerprint density at radius 1 is 0.333 bits per heavy atom. The van der Waals surface area contributed by atoms with Crippen molar-refractivity contribution >= 4 is 125 Å². The van der Waals surface area contributed by atoms with E-state index in [-0.39, 0.29) is 0 Å². The molecule has 0 unspecified atom stereocenters. The summed E-state index contributed by atoms with van der Waals surface area (Å²) in [6.07, 6.45) is 0. The van der Waals surface area contributed by atoms with Crippen molar-refractivity contribution in [3.05, 3.63) is 176 Å². The molecule has 13 aromatic rings. The van der Waals surface area contributed by atoms with Crippen LogP contribution in [0.2, 0.25) is 0 Å². The Kier molecular flexibility index (Phi) is 5.51. The van der Waals surface area contributed by atoms with Gasteiger partial charge < -0.3 is 13.7 Å². The molecule has 0 amide bonds. The second kappa shape index (κ2) is 10.4. The van der Waals surface area contributed by atoms with Crippen LogP contribution in [0.1, 0.15) is 0 Å². The second-order valence-electron chi connectivity index (χ2n) is 14.5. The number of nitrogens with zero attached hydrogens (tertiary/aromatic N) is 3. The maximum Gasteiger partial charge on any atom is 0.0789 e. The topological polar surface area (TPSA) is 12.1 Å². The van der Waals surface area contributed by atoms with Crippen LogP contribution in [0.25, 0.3) is 96.4 Å². The fraction of sp³-hybridized carbons (Fsp3) is 0. The SMILES string of the molecule is c1ccc2c(c1)cc(N(c1ccc3c(c1)sc1ccccc13)c1ccc3c(c1)n1c4ccccc4c4ccc5c6ccccc6n3c5c41)c1ccccc12. The zero-order valence-electron chi connectivity index (χ0n) is 29.0. The molecular formula is C50H29N3S. The summed E-state index contributed by atoms with van der Waals surface area (Å²) in [7, 11) is 0. The normalized spacial score (nSPS) is 12.4. The predicted octanol–water partition coefficient (Wildman–Crippen LogP) is 14.4. The Morgan fingerprint density at radius 3 is 1.63 bits per heavy atom. The van der Waals surface area contributed by atoms with Crippen molar-refractivity contribution in [2.24, 2.45) is 0 Å². The summed E-state index contributed by atoms with van der Waals surface area (Å²) >= 11 is 1.87. The molecule has 4 heteroatoms. The summed E-state index contributed by atoms with van der Waals surface area (Å²) in [5.74, 6) is 0. The summed E-state index contributed by atoms with van der Waals surface area (Å²) in [6.45, 7) is 0. The molecular weight excluding hydrogens is 675 g/mol. The summed E-state index contributed by atoms with van der Waals surface area (Å²) in [5.41, 5.74) is 10.8. The van der Waals surface area contributed by atoms with Gasteiger partial charge in [0, 0.05) is 58.5 Å². The van der Waals surface area contributed by atoms with E-state index in [9.17, 15) is 0 Å². The summed E-state index contributed by atoms with van der Waals surface area (Å²) in [4.78, 5) is 2.49. The second-order valence-corrected chi connectivity index (χ2v) is 15.6. The van der Waals surface area contributed by atoms with E-state index < -0.39 is 0 Å². The molecule has 0 saturated heterocycles. The van der Waals surface area contributed by atoms with Crippen LogP contribution < -0.4 is 4.90 Å². The van der Waals surface area contributed by atoms with Gasteiger partial charge in [-0.15, -0.1) is 11.3 Å². The molecule has 4 aromatic heterocycles. The number of hydrogen-bond donors (Lipinski definition) is 0. The first kappa shape index (κ1) is 28.7. The quantitative estimate of drug-likeness (QED) is 0.132. The average Bonchev–Trinajstić information content (AvgIpc) is 3.89. The zero-order valence-corrected chi connectivity index (χ0v) is 29.8. The minimum atomic E-state index is 1.12. The van der Waals surface area contributed by atoms with E-state index in [1.54, 1.807) is 0 Å². The van der Waals surface area contributed by atoms with Gasteiger partial charge in [0.2, 0.25) is 0 Å². The van der Waals surface area contributed by atoms with E-state index in [1.807, 2.05) is 11.3 Å². The van der Waals surface area contributed by atoms with Gasteiger partial charge in [-0.3, -0.25) is 0 Å². The van der Waals surface area contributed by atoms with Crippen LogP contribution in [0.3, 0.4) is 0 Å². The summed E-state index contributed by atoms with van der Waals surface area (Å²) < 4.78 is 7.63. The van der Waals surface area contributed by atoms with Crippen molar-refractivity contribution in [3.8, 4) is 0 Å². The van der Waals surface area contributed by atoms with Crippen molar-refractivity contribution in [1.82, 2.24) is 8.80 Å². The third kappa shape index (κ3) is 3.65. The fourth-order valence-corrected chi connectivity index (χ4v) is 10.7. The highest BCUT2D eigenvalue weighted by Gasteiger charge is 2.24. The molecule has 0 fully saturated rings. The van der Waals surface area contributed by atoms with Crippen LogP contribution in [0.5, 0.6) is 0 Å². The van der Waals surface area contributed by atoms with Gasteiger partial charge in [-0.1, -0.05) is 121 Å². The smallest absolute Gasteiger partial charge is 0.0789 e. The van der Waals surface area contributed by atoms with E-state index in [0.717, 1.165) is 17.1 Å². The molecule has 0 aliphatic carbocycles. The van der Waals surface area contributed by atoms with E-state index in [1.165, 1.54) is 96.4 Å². The third-order valence-corrected chi connectivity index (χ3v) is 12.9. The van der Waals surface area contributed by atoms with Gasteiger partial charge in [0.25, 0.3) is 0 Å². The molecule has 0 aliphatic heterocycles. The first-order chi connectivity index (χ1) is 26.8. The maximum absolute atomic E-state index is 2.52. The van der Waals surface area contributed by atoms with Gasteiger partial charge in [-0.25, -0.2) is 0 Å². The van der Waals surface area contributed by atoms with Crippen LogP contribution in [0.4, 0.5) is 17.1 Å². The van der Waals surface area contributed by atoms with Crippen molar-refractivity contribution in [3.63, 3.8) is 0 Å². The van der Waals surface area contributed by atoms with Gasteiger partial charge in [0.1, 0.15) is 0 Å². The Balaban J connectivity index is 1.19. The van der Waals surface area contributed by atoms with E-state index in [0.29, 0.717) is 0 Å². The van der Waals surface area contributed by atoms with Crippen LogP contribution in [0.15, 0.2) is 176 Å². The maximum atomic E-state index is 2.52.